The summed E-state index contributed by atoms with van der Waals surface area (Å²) in [5.41, 5.74) is 1.02. The third-order valence-electron chi connectivity index (χ3n) is 2.99. The van der Waals surface area contributed by atoms with Gasteiger partial charge in [-0.15, -0.1) is 5.10 Å². The lowest BCUT2D eigenvalue weighted by molar-refractivity contribution is 0.565. The number of aryl methyl sites for hydroxylation is 1. The van der Waals surface area contributed by atoms with Crippen LogP contribution in [0.4, 0.5) is 5.82 Å². The minimum absolute atomic E-state index is 0.463. The molecule has 2 aromatic heterocycles. The van der Waals surface area contributed by atoms with Gasteiger partial charge in [0.2, 0.25) is 5.16 Å². The SMILES string of the molecule is CNc1nc(C)nc(Sc2nnnn2C2CC2)c1C. The molecule has 1 N–H and O–H groups in total. The van der Waals surface area contributed by atoms with Crippen LogP contribution in [0.5, 0.6) is 0 Å². The minimum atomic E-state index is 0.463. The molecule has 8 heteroatoms. The Morgan fingerprint density at radius 3 is 2.74 bits per heavy atom. The van der Waals surface area contributed by atoms with Gasteiger partial charge >= 0.3 is 0 Å². The van der Waals surface area contributed by atoms with E-state index in [4.69, 9.17) is 0 Å². The molecule has 0 bridgehead atoms. The second-order valence-electron chi connectivity index (χ2n) is 4.54. The van der Waals surface area contributed by atoms with Gasteiger partial charge in [-0.1, -0.05) is 0 Å². The van der Waals surface area contributed by atoms with Gasteiger partial charge in [0.25, 0.3) is 0 Å². The largest absolute Gasteiger partial charge is 0.373 e. The van der Waals surface area contributed by atoms with Gasteiger partial charge in [-0.3, -0.25) is 0 Å². The van der Waals surface area contributed by atoms with Crippen molar-refractivity contribution in [3.63, 3.8) is 0 Å². The third-order valence-corrected chi connectivity index (χ3v) is 4.04. The molecule has 0 amide bonds. The van der Waals surface area contributed by atoms with E-state index in [9.17, 15) is 0 Å². The molecular weight excluding hydrogens is 262 g/mol. The van der Waals surface area contributed by atoms with Crippen molar-refractivity contribution in [1.29, 1.82) is 0 Å². The van der Waals surface area contributed by atoms with Crippen molar-refractivity contribution in [2.75, 3.05) is 12.4 Å². The van der Waals surface area contributed by atoms with E-state index in [1.54, 1.807) is 0 Å². The Labute approximate surface area is 115 Å². The van der Waals surface area contributed by atoms with Crippen LogP contribution in [0.3, 0.4) is 0 Å². The molecule has 0 radical (unpaired) electrons. The predicted octanol–water partition coefficient (Wildman–Crippen LogP) is 1.61. The van der Waals surface area contributed by atoms with E-state index in [0.29, 0.717) is 6.04 Å². The van der Waals surface area contributed by atoms with Crippen LogP contribution < -0.4 is 5.32 Å². The summed E-state index contributed by atoms with van der Waals surface area (Å²) in [6, 6.07) is 0.463. The molecule has 19 heavy (non-hydrogen) atoms. The summed E-state index contributed by atoms with van der Waals surface area (Å²) >= 11 is 1.50. The molecule has 2 heterocycles. The molecule has 100 valence electrons. The van der Waals surface area contributed by atoms with Crippen LogP contribution in [0.25, 0.3) is 0 Å². The quantitative estimate of drug-likeness (QED) is 0.850. The number of rotatable bonds is 4. The lowest BCUT2D eigenvalue weighted by Gasteiger charge is -2.09. The number of nitrogens with zero attached hydrogens (tertiary/aromatic N) is 6. The zero-order valence-corrected chi connectivity index (χ0v) is 11.9. The van der Waals surface area contributed by atoms with Gasteiger partial charge in [0.05, 0.1) is 6.04 Å². The van der Waals surface area contributed by atoms with Gasteiger partial charge in [-0.05, 0) is 48.9 Å². The first-order valence-electron chi connectivity index (χ1n) is 6.17. The topological polar surface area (TPSA) is 81.4 Å². The predicted molar refractivity (Wildman–Crippen MR) is 71.3 cm³/mol. The Hall–Kier alpha value is -1.70. The number of tetrazole rings is 1. The molecule has 0 atom stereocenters. The third kappa shape index (κ3) is 2.40. The smallest absolute Gasteiger partial charge is 0.215 e. The average molecular weight is 277 g/mol. The summed E-state index contributed by atoms with van der Waals surface area (Å²) in [5, 5.41) is 16.7. The zero-order chi connectivity index (χ0) is 13.4. The zero-order valence-electron chi connectivity index (χ0n) is 11.1. The molecule has 1 aliphatic rings. The van der Waals surface area contributed by atoms with Crippen LogP contribution in [0.2, 0.25) is 0 Å². The second-order valence-corrected chi connectivity index (χ2v) is 5.49. The van der Waals surface area contributed by atoms with E-state index < -0.39 is 0 Å². The Morgan fingerprint density at radius 2 is 2.05 bits per heavy atom. The summed E-state index contributed by atoms with van der Waals surface area (Å²) in [6.45, 7) is 3.88. The molecular formula is C11H15N7S. The van der Waals surface area contributed by atoms with Crippen molar-refractivity contribution in [3.8, 4) is 0 Å². The van der Waals surface area contributed by atoms with Gasteiger partial charge < -0.3 is 5.32 Å². The van der Waals surface area contributed by atoms with E-state index in [2.05, 4.69) is 30.8 Å². The van der Waals surface area contributed by atoms with Gasteiger partial charge in [-0.25, -0.2) is 14.6 Å². The number of hydrogen-bond donors (Lipinski definition) is 1. The number of anilines is 1. The van der Waals surface area contributed by atoms with E-state index >= 15 is 0 Å². The Morgan fingerprint density at radius 1 is 1.26 bits per heavy atom. The summed E-state index contributed by atoms with van der Waals surface area (Å²) in [6.07, 6.45) is 2.31. The highest BCUT2D eigenvalue weighted by molar-refractivity contribution is 7.99. The first-order valence-corrected chi connectivity index (χ1v) is 6.99. The number of hydrogen-bond acceptors (Lipinski definition) is 7. The molecule has 3 rings (SSSR count). The lowest BCUT2D eigenvalue weighted by Crippen LogP contribution is -2.03. The van der Waals surface area contributed by atoms with Crippen molar-refractivity contribution in [3.05, 3.63) is 11.4 Å². The Balaban J connectivity index is 1.94. The van der Waals surface area contributed by atoms with Crippen LogP contribution in [0.1, 0.15) is 30.3 Å². The number of aromatic nitrogens is 6. The maximum absolute atomic E-state index is 4.48. The van der Waals surface area contributed by atoms with Crippen molar-refractivity contribution >= 4 is 17.6 Å². The van der Waals surface area contributed by atoms with Crippen LogP contribution in [0.15, 0.2) is 10.2 Å². The van der Waals surface area contributed by atoms with Crippen LogP contribution in [-0.4, -0.2) is 37.2 Å². The normalized spacial score (nSPS) is 14.7. The Kier molecular flexibility index (Phi) is 3.09. The summed E-state index contributed by atoms with van der Waals surface area (Å²) in [4.78, 5) is 8.84. The maximum Gasteiger partial charge on any atom is 0.215 e. The fourth-order valence-corrected chi connectivity index (χ4v) is 2.79. The molecule has 0 spiro atoms. The second kappa shape index (κ2) is 4.76. The van der Waals surface area contributed by atoms with Crippen molar-refractivity contribution in [1.82, 2.24) is 30.2 Å². The molecule has 2 aromatic rings. The van der Waals surface area contributed by atoms with E-state index in [0.717, 1.165) is 40.2 Å². The highest BCUT2D eigenvalue weighted by Gasteiger charge is 2.28. The number of nitrogens with one attached hydrogen (secondary N) is 1. The van der Waals surface area contributed by atoms with Crippen molar-refractivity contribution in [2.45, 2.75) is 42.9 Å². The van der Waals surface area contributed by atoms with Crippen LogP contribution in [-0.2, 0) is 0 Å². The standard InChI is InChI=1S/C11H15N7S/c1-6-9(12-3)13-7(2)14-10(6)19-11-15-16-17-18(11)8-4-5-8/h8H,4-5H2,1-3H3,(H,12,13,14). The molecule has 7 nitrogen and oxygen atoms in total. The maximum atomic E-state index is 4.48. The lowest BCUT2D eigenvalue weighted by atomic mass is 10.3. The van der Waals surface area contributed by atoms with Crippen LogP contribution >= 0.6 is 11.8 Å². The molecule has 0 saturated heterocycles. The molecule has 0 unspecified atom stereocenters. The minimum Gasteiger partial charge on any atom is -0.373 e. The average Bonchev–Trinajstić information content (AvgIpc) is 3.14. The highest BCUT2D eigenvalue weighted by atomic mass is 32.2. The fraction of sp³-hybridized carbons (Fsp3) is 0.545. The van der Waals surface area contributed by atoms with E-state index in [-0.39, 0.29) is 0 Å². The molecule has 1 aliphatic carbocycles. The molecule has 0 aromatic carbocycles. The van der Waals surface area contributed by atoms with E-state index in [1.165, 1.54) is 11.8 Å². The molecule has 1 saturated carbocycles. The Bertz CT molecular complexity index is 605. The van der Waals surface area contributed by atoms with Gasteiger partial charge in [-0.2, -0.15) is 0 Å². The highest BCUT2D eigenvalue weighted by Crippen LogP contribution is 2.38. The molecule has 1 fully saturated rings. The molecule has 0 aliphatic heterocycles. The van der Waals surface area contributed by atoms with Gasteiger partial charge in [0, 0.05) is 12.6 Å². The monoisotopic (exact) mass is 277 g/mol. The summed E-state index contributed by atoms with van der Waals surface area (Å²) < 4.78 is 1.89. The van der Waals surface area contributed by atoms with Gasteiger partial charge in [0.1, 0.15) is 16.7 Å². The fourth-order valence-electron chi connectivity index (χ4n) is 1.83. The van der Waals surface area contributed by atoms with Gasteiger partial charge in [0.15, 0.2) is 0 Å². The summed E-state index contributed by atoms with van der Waals surface area (Å²) in [5.74, 6) is 1.59. The van der Waals surface area contributed by atoms with Crippen molar-refractivity contribution < 1.29 is 0 Å². The first-order chi connectivity index (χ1) is 9.19. The summed E-state index contributed by atoms with van der Waals surface area (Å²) in [7, 11) is 1.86. The first kappa shape index (κ1) is 12.3. The van der Waals surface area contributed by atoms with Crippen LogP contribution in [0, 0.1) is 13.8 Å². The van der Waals surface area contributed by atoms with E-state index in [1.807, 2.05) is 25.6 Å². The van der Waals surface area contributed by atoms with Crippen molar-refractivity contribution in [2.24, 2.45) is 0 Å².